The maximum Gasteiger partial charge on any atom is 0.410 e. The highest BCUT2D eigenvalue weighted by Crippen LogP contribution is 2.38. The first-order chi connectivity index (χ1) is 15.9. The molecule has 1 atom stereocenters. The van der Waals surface area contributed by atoms with E-state index in [1.807, 2.05) is 19.1 Å². The zero-order valence-corrected chi connectivity index (χ0v) is 20.1. The molecule has 1 aromatic rings. The van der Waals surface area contributed by atoms with Gasteiger partial charge in [0.05, 0.1) is 28.9 Å². The van der Waals surface area contributed by atoms with Crippen LogP contribution in [0.2, 0.25) is 0 Å². The van der Waals surface area contributed by atoms with E-state index in [0.717, 1.165) is 49.7 Å². The van der Waals surface area contributed by atoms with Gasteiger partial charge in [0.2, 0.25) is 0 Å². The van der Waals surface area contributed by atoms with Crippen LogP contribution in [-0.4, -0.2) is 53.8 Å². The van der Waals surface area contributed by atoms with E-state index in [-0.39, 0.29) is 18.8 Å². The van der Waals surface area contributed by atoms with Crippen molar-refractivity contribution in [3.8, 4) is 5.75 Å². The van der Waals surface area contributed by atoms with E-state index in [2.05, 4.69) is 4.98 Å². The number of pyridine rings is 1. The van der Waals surface area contributed by atoms with Crippen molar-refractivity contribution in [2.75, 3.05) is 26.7 Å². The predicted molar refractivity (Wildman–Crippen MR) is 128 cm³/mol. The number of likely N-dealkylation sites (tertiary alicyclic amines) is 1. The molecule has 1 unspecified atom stereocenters. The number of nitrogens with zero attached hydrogens (tertiary/aromatic N) is 3. The lowest BCUT2D eigenvalue weighted by atomic mass is 9.98. The summed E-state index contributed by atoms with van der Waals surface area (Å²) in [6, 6.07) is 3.76. The van der Waals surface area contributed by atoms with Gasteiger partial charge in [-0.1, -0.05) is 19.3 Å². The van der Waals surface area contributed by atoms with Crippen LogP contribution in [0, 0.1) is 18.8 Å². The molecule has 2 saturated carbocycles. The van der Waals surface area contributed by atoms with Gasteiger partial charge in [-0.2, -0.15) is 0 Å². The van der Waals surface area contributed by atoms with E-state index >= 15 is 0 Å². The molecule has 3 aliphatic rings. The Morgan fingerprint density at radius 3 is 2.58 bits per heavy atom. The molecule has 1 aliphatic heterocycles. The Morgan fingerprint density at radius 1 is 1.15 bits per heavy atom. The second-order valence-corrected chi connectivity index (χ2v) is 9.96. The fourth-order valence-corrected chi connectivity index (χ4v) is 4.94. The third-order valence-electron chi connectivity index (χ3n) is 7.14. The number of rotatable bonds is 8. The number of amides is 1. The smallest absolute Gasteiger partial charge is 0.410 e. The molecule has 182 valence electrons. The molecule has 4 rings (SSSR count). The molecule has 33 heavy (non-hydrogen) atoms. The number of hydrogen-bond acceptors (Lipinski definition) is 7. The van der Waals surface area contributed by atoms with E-state index in [4.69, 9.17) is 21.1 Å². The highest BCUT2D eigenvalue weighted by atomic mass is 16.6. The first kappa shape index (κ1) is 23.7. The van der Waals surface area contributed by atoms with E-state index in [1.54, 1.807) is 11.9 Å². The molecule has 8 nitrogen and oxygen atoms in total. The quantitative estimate of drug-likeness (QED) is 0.452. The fourth-order valence-electron chi connectivity index (χ4n) is 4.94. The number of likely N-dealkylation sites (N-methyl/N-ethyl adjacent to an activating group) is 1. The van der Waals surface area contributed by atoms with Crippen molar-refractivity contribution in [3.05, 3.63) is 29.2 Å². The summed E-state index contributed by atoms with van der Waals surface area (Å²) in [7, 11) is 1.69. The highest BCUT2D eigenvalue weighted by molar-refractivity contribution is 5.69. The summed E-state index contributed by atoms with van der Waals surface area (Å²) in [5.74, 6) is 8.30. The molecule has 3 fully saturated rings. The average Bonchev–Trinajstić information content (AvgIpc) is 3.49. The van der Waals surface area contributed by atoms with Crippen molar-refractivity contribution >= 4 is 11.8 Å². The molecule has 0 aromatic carbocycles. The molecule has 4 N–H and O–H groups in total. The van der Waals surface area contributed by atoms with Gasteiger partial charge in [0.25, 0.3) is 0 Å². The number of aromatic nitrogens is 1. The second-order valence-electron chi connectivity index (χ2n) is 9.96. The minimum absolute atomic E-state index is 0.00249. The number of nitrogens with two attached hydrogens (primary N) is 2. The molecule has 8 heteroatoms. The van der Waals surface area contributed by atoms with Crippen LogP contribution in [0.3, 0.4) is 0 Å². The van der Waals surface area contributed by atoms with Gasteiger partial charge in [-0.05, 0) is 69.4 Å². The molecule has 1 aromatic heterocycles. The Balaban J connectivity index is 1.37. The lowest BCUT2D eigenvalue weighted by molar-refractivity contribution is 0.111. The van der Waals surface area contributed by atoms with Crippen molar-refractivity contribution < 1.29 is 14.3 Å². The molecule has 2 heterocycles. The molecule has 0 spiro atoms. The number of carbonyl (C=O) groups is 1. The maximum atomic E-state index is 12.6. The molecule has 0 bridgehead atoms. The predicted octanol–water partition coefficient (Wildman–Crippen LogP) is 3.79. The summed E-state index contributed by atoms with van der Waals surface area (Å²) in [5.41, 5.74) is 8.71. The standard InChI is InChI=1S/C25H39N5O3/c1-17-23(33-20-6-4-3-5-7-20)11-10-21(28-17)24(26)22(29(2)27)16-32-25(31)30-13-12-19(15-30)14-18-8-9-18/h10-11,18-20H,3-9,12-16,26-27H2,1-2H3/b24-22-. The minimum atomic E-state index is -0.305. The fraction of sp³-hybridized carbons (Fsp3) is 0.680. The van der Waals surface area contributed by atoms with Crippen LogP contribution in [0.25, 0.3) is 5.70 Å². The SMILES string of the molecule is Cc1nc(/C(N)=C(\COC(=O)N2CCC(CC3CC3)C2)N(C)N)ccc1OC1CCCCC1. The van der Waals surface area contributed by atoms with Crippen molar-refractivity contribution in [2.45, 2.75) is 70.8 Å². The average molecular weight is 458 g/mol. The second kappa shape index (κ2) is 10.6. The van der Waals surface area contributed by atoms with Crippen LogP contribution in [0.1, 0.15) is 69.2 Å². The lowest BCUT2D eigenvalue weighted by Gasteiger charge is -2.24. The van der Waals surface area contributed by atoms with Crippen LogP contribution in [0.15, 0.2) is 17.8 Å². The summed E-state index contributed by atoms with van der Waals surface area (Å²) in [4.78, 5) is 19.1. The number of carbonyl (C=O) groups excluding carboxylic acids is 1. The van der Waals surface area contributed by atoms with E-state index in [0.29, 0.717) is 23.0 Å². The first-order valence-corrected chi connectivity index (χ1v) is 12.4. The van der Waals surface area contributed by atoms with Crippen LogP contribution in [-0.2, 0) is 4.74 Å². The molecule has 1 saturated heterocycles. The Bertz CT molecular complexity index is 862. The monoisotopic (exact) mass is 457 g/mol. The van der Waals surface area contributed by atoms with Gasteiger partial charge in [-0.15, -0.1) is 0 Å². The van der Waals surface area contributed by atoms with E-state index < -0.39 is 0 Å². The van der Waals surface area contributed by atoms with Crippen LogP contribution in [0.4, 0.5) is 4.79 Å². The summed E-state index contributed by atoms with van der Waals surface area (Å²) in [6.45, 7) is 3.46. The summed E-state index contributed by atoms with van der Waals surface area (Å²) >= 11 is 0. The third-order valence-corrected chi connectivity index (χ3v) is 7.14. The van der Waals surface area contributed by atoms with Crippen LogP contribution >= 0.6 is 0 Å². The topological polar surface area (TPSA) is 107 Å². The maximum absolute atomic E-state index is 12.6. The number of aryl methyl sites for hydroxylation is 1. The van der Waals surface area contributed by atoms with Gasteiger partial charge in [0, 0.05) is 20.1 Å². The van der Waals surface area contributed by atoms with Gasteiger partial charge >= 0.3 is 6.09 Å². The van der Waals surface area contributed by atoms with Crippen LogP contribution < -0.4 is 16.3 Å². The van der Waals surface area contributed by atoms with Crippen LogP contribution in [0.5, 0.6) is 5.75 Å². The Morgan fingerprint density at radius 2 is 1.91 bits per heavy atom. The van der Waals surface area contributed by atoms with Gasteiger partial charge in [0.1, 0.15) is 12.4 Å². The molecule has 0 radical (unpaired) electrons. The van der Waals surface area contributed by atoms with Gasteiger partial charge < -0.3 is 25.1 Å². The minimum Gasteiger partial charge on any atom is -0.489 e. The molecule has 1 amide bonds. The summed E-state index contributed by atoms with van der Waals surface area (Å²) in [5, 5.41) is 1.39. The van der Waals surface area contributed by atoms with E-state index in [1.165, 1.54) is 43.5 Å². The normalized spacial score (nSPS) is 22.2. The summed E-state index contributed by atoms with van der Waals surface area (Å²) in [6.07, 6.45) is 10.9. The zero-order valence-electron chi connectivity index (χ0n) is 20.1. The number of ether oxygens (including phenoxy) is 2. The van der Waals surface area contributed by atoms with Crippen molar-refractivity contribution in [2.24, 2.45) is 23.4 Å². The zero-order chi connectivity index (χ0) is 23.4. The third kappa shape index (κ3) is 6.31. The summed E-state index contributed by atoms with van der Waals surface area (Å²) < 4.78 is 11.8. The molecule has 2 aliphatic carbocycles. The highest BCUT2D eigenvalue weighted by Gasteiger charge is 2.32. The van der Waals surface area contributed by atoms with Crippen molar-refractivity contribution in [3.63, 3.8) is 0 Å². The molecular formula is C25H39N5O3. The largest absolute Gasteiger partial charge is 0.489 e. The van der Waals surface area contributed by atoms with Gasteiger partial charge in [-0.3, -0.25) is 0 Å². The Kier molecular flexibility index (Phi) is 7.63. The lowest BCUT2D eigenvalue weighted by Crippen LogP contribution is -2.34. The van der Waals surface area contributed by atoms with E-state index in [9.17, 15) is 4.79 Å². The van der Waals surface area contributed by atoms with Gasteiger partial charge in [-0.25, -0.2) is 15.6 Å². The Labute approximate surface area is 197 Å². The first-order valence-electron chi connectivity index (χ1n) is 12.4. The number of hydrazine groups is 1. The van der Waals surface area contributed by atoms with Crippen molar-refractivity contribution in [1.29, 1.82) is 0 Å². The number of hydrogen-bond donors (Lipinski definition) is 2. The van der Waals surface area contributed by atoms with Gasteiger partial charge in [0.15, 0.2) is 0 Å². The molecular weight excluding hydrogens is 418 g/mol. The Hall–Kier alpha value is -2.48. The van der Waals surface area contributed by atoms with Crippen molar-refractivity contribution in [1.82, 2.24) is 14.9 Å².